The van der Waals surface area contributed by atoms with Crippen molar-refractivity contribution < 1.29 is 14.6 Å². The number of nitrogens with zero attached hydrogens (tertiary/aromatic N) is 4. The van der Waals surface area contributed by atoms with Crippen LogP contribution in [0.4, 0.5) is 0 Å². The number of aryl methyl sites for hydroxylation is 1. The zero-order chi connectivity index (χ0) is 19.7. The fourth-order valence-corrected chi connectivity index (χ4v) is 3.30. The van der Waals surface area contributed by atoms with E-state index in [9.17, 15) is 9.90 Å². The molecule has 4 rings (SSSR count). The average molecular weight is 379 g/mol. The lowest BCUT2D eigenvalue weighted by molar-refractivity contribution is 0.0535. The predicted molar refractivity (Wildman–Crippen MR) is 101 cm³/mol. The molecule has 144 valence electrons. The number of carbonyl (C=O) groups excluding carboxylic acids is 1. The lowest BCUT2D eigenvalue weighted by Crippen LogP contribution is -2.22. The Hall–Kier alpha value is -3.10. The van der Waals surface area contributed by atoms with E-state index in [4.69, 9.17) is 4.74 Å². The molecule has 0 spiro atoms. The normalized spacial score (nSPS) is 14.0. The van der Waals surface area contributed by atoms with Crippen LogP contribution in [-0.4, -0.2) is 37.1 Å². The number of aliphatic hydroxyl groups excluding tert-OH is 1. The highest BCUT2D eigenvalue weighted by Crippen LogP contribution is 2.28. The van der Waals surface area contributed by atoms with Crippen LogP contribution in [0.15, 0.2) is 37.1 Å². The van der Waals surface area contributed by atoms with Crippen molar-refractivity contribution in [1.82, 2.24) is 24.8 Å². The number of benzene rings is 1. The summed E-state index contributed by atoms with van der Waals surface area (Å²) in [5, 5.41) is 13.8. The van der Waals surface area contributed by atoms with Crippen LogP contribution in [0.2, 0.25) is 0 Å². The molecule has 1 aliphatic rings. The molecule has 1 aromatic carbocycles. The van der Waals surface area contributed by atoms with Crippen molar-refractivity contribution in [3.63, 3.8) is 0 Å². The van der Waals surface area contributed by atoms with E-state index in [0.717, 1.165) is 27.9 Å². The number of fused-ring (bicyclic) bond motifs is 1. The topological polar surface area (TPSA) is 102 Å². The number of esters is 1. The van der Waals surface area contributed by atoms with Crippen molar-refractivity contribution in [1.29, 1.82) is 0 Å². The van der Waals surface area contributed by atoms with Crippen molar-refractivity contribution in [2.45, 2.75) is 33.1 Å². The predicted octanol–water partition coefficient (Wildman–Crippen LogP) is 1.77. The Labute approximate surface area is 162 Å². The highest BCUT2D eigenvalue weighted by Gasteiger charge is 2.25. The number of aromatic nitrogens is 4. The first-order chi connectivity index (χ1) is 13.5. The fraction of sp³-hybridized carbons (Fsp3) is 0.300. The number of aliphatic hydroxyl groups is 1. The standard InChI is InChI=1S/C20H21N5O3/c1-12-9-25(11-24-12)20-22-6-14(7-23-20)5-21-8-18(26)15-3-4-16-17(13(15)2)10-28-19(16)27/h3-4,6-7,9,11,18,21,26H,5,8,10H2,1-2H3/t18-/m0/s1. The van der Waals surface area contributed by atoms with Crippen LogP contribution in [-0.2, 0) is 17.9 Å². The van der Waals surface area contributed by atoms with Crippen molar-refractivity contribution in [3.05, 3.63) is 70.6 Å². The highest BCUT2D eigenvalue weighted by molar-refractivity contribution is 5.93. The summed E-state index contributed by atoms with van der Waals surface area (Å²) in [6, 6.07) is 3.51. The SMILES string of the molecule is Cc1cn(-c2ncc(CNC[C@H](O)c3ccc4c(c3C)COC4=O)cn2)cn1. The summed E-state index contributed by atoms with van der Waals surface area (Å²) in [5.74, 6) is 0.265. The summed E-state index contributed by atoms with van der Waals surface area (Å²) in [6.07, 6.45) is 6.36. The molecule has 0 unspecified atom stereocenters. The minimum atomic E-state index is -0.685. The van der Waals surface area contributed by atoms with Gasteiger partial charge >= 0.3 is 5.97 Å². The number of imidazole rings is 1. The Kier molecular flexibility index (Phi) is 4.89. The van der Waals surface area contributed by atoms with E-state index in [2.05, 4.69) is 20.3 Å². The van der Waals surface area contributed by atoms with Gasteiger partial charge in [-0.05, 0) is 31.0 Å². The lowest BCUT2D eigenvalue weighted by atomic mass is 9.95. The molecule has 0 saturated carbocycles. The Balaban J connectivity index is 1.36. The van der Waals surface area contributed by atoms with Gasteiger partial charge in [-0.3, -0.25) is 4.57 Å². The van der Waals surface area contributed by atoms with E-state index >= 15 is 0 Å². The van der Waals surface area contributed by atoms with Crippen LogP contribution in [0.1, 0.15) is 44.4 Å². The molecular formula is C20H21N5O3. The maximum Gasteiger partial charge on any atom is 0.338 e. The van der Waals surface area contributed by atoms with Crippen LogP contribution < -0.4 is 5.32 Å². The average Bonchev–Trinajstić information content (AvgIpc) is 3.29. The van der Waals surface area contributed by atoms with E-state index in [1.807, 2.05) is 20.0 Å². The number of ether oxygens (including phenoxy) is 1. The van der Waals surface area contributed by atoms with Gasteiger partial charge < -0.3 is 15.2 Å². The molecule has 0 fully saturated rings. The molecular weight excluding hydrogens is 358 g/mol. The molecule has 8 nitrogen and oxygen atoms in total. The fourth-order valence-electron chi connectivity index (χ4n) is 3.30. The van der Waals surface area contributed by atoms with E-state index in [0.29, 0.717) is 24.6 Å². The first-order valence-corrected chi connectivity index (χ1v) is 9.03. The van der Waals surface area contributed by atoms with E-state index < -0.39 is 6.10 Å². The number of nitrogens with one attached hydrogen (secondary N) is 1. The molecule has 2 aromatic heterocycles. The van der Waals surface area contributed by atoms with Gasteiger partial charge in [-0.2, -0.15) is 0 Å². The van der Waals surface area contributed by atoms with Crippen molar-refractivity contribution in [3.8, 4) is 5.95 Å². The first-order valence-electron chi connectivity index (χ1n) is 9.03. The Morgan fingerprint density at radius 1 is 1.25 bits per heavy atom. The van der Waals surface area contributed by atoms with Crippen LogP contribution in [0.3, 0.4) is 0 Å². The summed E-state index contributed by atoms with van der Waals surface area (Å²) in [4.78, 5) is 24.5. The van der Waals surface area contributed by atoms with Crippen molar-refractivity contribution >= 4 is 5.97 Å². The lowest BCUT2D eigenvalue weighted by Gasteiger charge is -2.16. The summed E-state index contributed by atoms with van der Waals surface area (Å²) in [6.45, 7) is 4.99. The third-order valence-electron chi connectivity index (χ3n) is 4.87. The molecule has 0 bridgehead atoms. The molecule has 28 heavy (non-hydrogen) atoms. The molecule has 0 aliphatic carbocycles. The van der Waals surface area contributed by atoms with Crippen molar-refractivity contribution in [2.24, 2.45) is 0 Å². The minimum Gasteiger partial charge on any atom is -0.457 e. The molecule has 1 aliphatic heterocycles. The second-order valence-corrected chi connectivity index (χ2v) is 6.84. The second-order valence-electron chi connectivity index (χ2n) is 6.84. The van der Waals surface area contributed by atoms with Crippen molar-refractivity contribution in [2.75, 3.05) is 6.54 Å². The van der Waals surface area contributed by atoms with Gasteiger partial charge in [0.1, 0.15) is 12.9 Å². The van der Waals surface area contributed by atoms with Gasteiger partial charge in [-0.1, -0.05) is 6.07 Å². The second kappa shape index (κ2) is 7.49. The van der Waals surface area contributed by atoms with Gasteiger partial charge in [0.15, 0.2) is 0 Å². The van der Waals surface area contributed by atoms with Crippen LogP contribution in [0.25, 0.3) is 5.95 Å². The Morgan fingerprint density at radius 3 is 2.75 bits per heavy atom. The monoisotopic (exact) mass is 379 g/mol. The molecule has 0 saturated heterocycles. The maximum absolute atomic E-state index is 11.6. The van der Waals surface area contributed by atoms with E-state index in [1.165, 1.54) is 0 Å². The third kappa shape index (κ3) is 3.51. The smallest absolute Gasteiger partial charge is 0.338 e. The Morgan fingerprint density at radius 2 is 2.04 bits per heavy atom. The minimum absolute atomic E-state index is 0.272. The maximum atomic E-state index is 11.6. The van der Waals surface area contributed by atoms with E-state index in [1.54, 1.807) is 35.4 Å². The molecule has 0 radical (unpaired) electrons. The van der Waals surface area contributed by atoms with Gasteiger partial charge in [0.2, 0.25) is 5.95 Å². The molecule has 3 heterocycles. The largest absolute Gasteiger partial charge is 0.457 e. The van der Waals surface area contributed by atoms with E-state index in [-0.39, 0.29) is 12.6 Å². The zero-order valence-electron chi connectivity index (χ0n) is 15.7. The number of hydrogen-bond acceptors (Lipinski definition) is 7. The number of cyclic esters (lactones) is 1. The number of rotatable bonds is 6. The number of hydrogen-bond donors (Lipinski definition) is 2. The zero-order valence-corrected chi connectivity index (χ0v) is 15.7. The Bertz CT molecular complexity index is 1010. The van der Waals surface area contributed by atoms with Crippen LogP contribution >= 0.6 is 0 Å². The third-order valence-corrected chi connectivity index (χ3v) is 4.87. The first kappa shape index (κ1) is 18.3. The molecule has 1 atom stereocenters. The van der Waals surface area contributed by atoms with Gasteiger partial charge in [0.25, 0.3) is 0 Å². The summed E-state index contributed by atoms with van der Waals surface area (Å²) in [7, 11) is 0. The quantitative estimate of drug-likeness (QED) is 0.629. The highest BCUT2D eigenvalue weighted by atomic mass is 16.5. The molecule has 2 N–H and O–H groups in total. The summed E-state index contributed by atoms with van der Waals surface area (Å²) in [5.41, 5.74) is 4.97. The molecule has 8 heteroatoms. The van der Waals surface area contributed by atoms with Gasteiger partial charge in [-0.15, -0.1) is 0 Å². The number of carbonyl (C=O) groups is 1. The van der Waals surface area contributed by atoms with Crippen LogP contribution in [0.5, 0.6) is 0 Å². The summed E-state index contributed by atoms with van der Waals surface area (Å²) >= 11 is 0. The van der Waals surface area contributed by atoms with Gasteiger partial charge in [-0.25, -0.2) is 19.7 Å². The summed E-state index contributed by atoms with van der Waals surface area (Å²) < 4.78 is 6.83. The van der Waals surface area contributed by atoms with Gasteiger partial charge in [0, 0.05) is 42.8 Å². The molecule has 0 amide bonds. The van der Waals surface area contributed by atoms with Crippen LogP contribution in [0, 0.1) is 13.8 Å². The molecule has 3 aromatic rings. The van der Waals surface area contributed by atoms with Gasteiger partial charge in [0.05, 0.1) is 17.4 Å².